The molecule has 9 heteroatoms. The van der Waals surface area contributed by atoms with Crippen LogP contribution in [0.4, 0.5) is 0 Å². The molecule has 0 unspecified atom stereocenters. The van der Waals surface area contributed by atoms with Crippen molar-refractivity contribution in [3.8, 4) is 0 Å². The third kappa shape index (κ3) is 4.17. The van der Waals surface area contributed by atoms with Crippen molar-refractivity contribution in [2.75, 3.05) is 5.75 Å². The minimum atomic E-state index is -3.56. The number of hydrogen-bond donors (Lipinski definition) is 1. The summed E-state index contributed by atoms with van der Waals surface area (Å²) in [5.41, 5.74) is 1.19. The number of esters is 1. The quantitative estimate of drug-likeness (QED) is 0.645. The topological polar surface area (TPSA) is 106 Å². The molecule has 0 atom stereocenters. The zero-order valence-electron chi connectivity index (χ0n) is 13.9. The normalized spacial score (nSPS) is 11.6. The van der Waals surface area contributed by atoms with E-state index >= 15 is 0 Å². The van der Waals surface area contributed by atoms with Crippen molar-refractivity contribution >= 4 is 37.4 Å². The standard InChI is InChI=1S/C17H16N2O5S2/c1-11-2-4-12(5-3-11)26(22,23)9-7-15(20)24-10-14-18-13-6-8-25-16(13)17(21)19-14/h2-6,8H,7,9-10H2,1H3,(H,18,19,21). The van der Waals surface area contributed by atoms with Crippen LogP contribution in [0.25, 0.3) is 10.2 Å². The van der Waals surface area contributed by atoms with E-state index in [4.69, 9.17) is 4.74 Å². The second-order valence-corrected chi connectivity index (χ2v) is 8.72. The van der Waals surface area contributed by atoms with Crippen molar-refractivity contribution in [2.24, 2.45) is 0 Å². The summed E-state index contributed by atoms with van der Waals surface area (Å²) >= 11 is 1.28. The Labute approximate surface area is 153 Å². The van der Waals surface area contributed by atoms with E-state index in [0.29, 0.717) is 10.2 Å². The smallest absolute Gasteiger partial charge is 0.307 e. The lowest BCUT2D eigenvalue weighted by atomic mass is 10.2. The van der Waals surface area contributed by atoms with E-state index in [1.807, 2.05) is 6.92 Å². The van der Waals surface area contributed by atoms with Gasteiger partial charge in [-0.1, -0.05) is 17.7 Å². The van der Waals surface area contributed by atoms with Gasteiger partial charge in [-0.2, -0.15) is 0 Å². The molecule has 7 nitrogen and oxygen atoms in total. The van der Waals surface area contributed by atoms with Crippen molar-refractivity contribution in [3.05, 3.63) is 57.5 Å². The van der Waals surface area contributed by atoms with Crippen molar-refractivity contribution in [3.63, 3.8) is 0 Å². The van der Waals surface area contributed by atoms with Gasteiger partial charge in [-0.15, -0.1) is 11.3 Å². The Bertz CT molecular complexity index is 1100. The summed E-state index contributed by atoms with van der Waals surface area (Å²) in [6.45, 7) is 1.64. The van der Waals surface area contributed by atoms with Crippen molar-refractivity contribution in [2.45, 2.75) is 24.8 Å². The number of H-pyrrole nitrogens is 1. The van der Waals surface area contributed by atoms with Gasteiger partial charge in [-0.25, -0.2) is 13.4 Å². The SMILES string of the molecule is Cc1ccc(S(=O)(=O)CCC(=O)OCc2nc3ccsc3c(=O)[nH]2)cc1. The van der Waals surface area contributed by atoms with Gasteiger partial charge in [0.25, 0.3) is 5.56 Å². The number of ether oxygens (including phenoxy) is 1. The molecule has 0 spiro atoms. The average molecular weight is 392 g/mol. The molecule has 0 radical (unpaired) electrons. The second kappa shape index (κ2) is 7.38. The van der Waals surface area contributed by atoms with E-state index in [2.05, 4.69) is 9.97 Å². The fourth-order valence-corrected chi connectivity index (χ4v) is 4.24. The number of aromatic nitrogens is 2. The number of carbonyl (C=O) groups is 1. The Hall–Kier alpha value is -2.52. The summed E-state index contributed by atoms with van der Waals surface area (Å²) in [4.78, 5) is 30.6. The number of fused-ring (bicyclic) bond motifs is 1. The van der Waals surface area contributed by atoms with Crippen LogP contribution in [0, 0.1) is 6.92 Å². The van der Waals surface area contributed by atoms with Gasteiger partial charge in [0.15, 0.2) is 9.84 Å². The number of rotatable bonds is 6. The lowest BCUT2D eigenvalue weighted by molar-refractivity contribution is -0.144. The Morgan fingerprint density at radius 3 is 2.69 bits per heavy atom. The van der Waals surface area contributed by atoms with Gasteiger partial charge in [0.05, 0.1) is 22.6 Å². The van der Waals surface area contributed by atoms with E-state index in [-0.39, 0.29) is 35.1 Å². The van der Waals surface area contributed by atoms with Gasteiger partial charge in [-0.3, -0.25) is 9.59 Å². The van der Waals surface area contributed by atoms with E-state index in [9.17, 15) is 18.0 Å². The average Bonchev–Trinajstić information content (AvgIpc) is 3.08. The van der Waals surface area contributed by atoms with Crippen LogP contribution in [0.2, 0.25) is 0 Å². The molecule has 2 aromatic heterocycles. The van der Waals surface area contributed by atoms with Crippen LogP contribution in [0.3, 0.4) is 0 Å². The monoisotopic (exact) mass is 392 g/mol. The van der Waals surface area contributed by atoms with Crippen LogP contribution < -0.4 is 5.56 Å². The summed E-state index contributed by atoms with van der Waals surface area (Å²) in [6, 6.07) is 8.14. The molecule has 136 valence electrons. The van der Waals surface area contributed by atoms with Crippen LogP contribution in [0.5, 0.6) is 0 Å². The molecule has 3 rings (SSSR count). The molecule has 1 N–H and O–H groups in total. The highest BCUT2D eigenvalue weighted by atomic mass is 32.2. The molecular formula is C17H16N2O5S2. The molecule has 0 aliphatic heterocycles. The highest BCUT2D eigenvalue weighted by Gasteiger charge is 2.17. The Morgan fingerprint density at radius 2 is 1.96 bits per heavy atom. The van der Waals surface area contributed by atoms with Crippen molar-refractivity contribution < 1.29 is 17.9 Å². The molecular weight excluding hydrogens is 376 g/mol. The van der Waals surface area contributed by atoms with Gasteiger partial charge in [0.2, 0.25) is 0 Å². The number of hydrogen-bond acceptors (Lipinski definition) is 7. The number of nitrogens with zero attached hydrogens (tertiary/aromatic N) is 1. The molecule has 0 amide bonds. The van der Waals surface area contributed by atoms with Gasteiger partial charge in [-0.05, 0) is 30.5 Å². The number of nitrogens with one attached hydrogen (secondary N) is 1. The number of thiophene rings is 1. The maximum absolute atomic E-state index is 12.2. The summed E-state index contributed by atoms with van der Waals surface area (Å²) in [7, 11) is -3.56. The van der Waals surface area contributed by atoms with Crippen molar-refractivity contribution in [1.82, 2.24) is 9.97 Å². The number of benzene rings is 1. The minimum absolute atomic E-state index is 0.171. The van der Waals surface area contributed by atoms with Crippen LogP contribution >= 0.6 is 11.3 Å². The van der Waals surface area contributed by atoms with Gasteiger partial charge < -0.3 is 9.72 Å². The van der Waals surface area contributed by atoms with E-state index in [1.54, 1.807) is 23.6 Å². The first-order valence-corrected chi connectivity index (χ1v) is 10.3. The first kappa shape index (κ1) is 18.3. The Balaban J connectivity index is 1.58. The lowest BCUT2D eigenvalue weighted by Gasteiger charge is -2.06. The summed E-state index contributed by atoms with van der Waals surface area (Å²) in [5, 5.41) is 1.75. The van der Waals surface area contributed by atoms with E-state index in [1.165, 1.54) is 23.5 Å². The minimum Gasteiger partial charge on any atom is -0.457 e. The van der Waals surface area contributed by atoms with Gasteiger partial charge >= 0.3 is 5.97 Å². The summed E-state index contributed by atoms with van der Waals surface area (Å²) < 4.78 is 30.0. The second-order valence-electron chi connectivity index (χ2n) is 5.69. The third-order valence-corrected chi connectivity index (χ3v) is 6.32. The fourth-order valence-electron chi connectivity index (χ4n) is 2.29. The van der Waals surface area contributed by atoms with E-state index in [0.717, 1.165) is 5.56 Å². The molecule has 0 aliphatic rings. The molecule has 1 aromatic carbocycles. The highest BCUT2D eigenvalue weighted by Crippen LogP contribution is 2.15. The first-order chi connectivity index (χ1) is 12.3. The summed E-state index contributed by atoms with van der Waals surface area (Å²) in [5.74, 6) is -0.799. The molecule has 0 saturated heterocycles. The number of sulfone groups is 1. The van der Waals surface area contributed by atoms with E-state index < -0.39 is 15.8 Å². The predicted octanol–water partition coefficient (Wildman–Crippen LogP) is 2.20. The van der Waals surface area contributed by atoms with Crippen LogP contribution in [0.15, 0.2) is 45.4 Å². The van der Waals surface area contributed by atoms with Crippen LogP contribution in [-0.4, -0.2) is 30.1 Å². The molecule has 0 aliphatic carbocycles. The van der Waals surface area contributed by atoms with Gasteiger partial charge in [0, 0.05) is 0 Å². The summed E-state index contributed by atoms with van der Waals surface area (Å²) in [6.07, 6.45) is -0.277. The highest BCUT2D eigenvalue weighted by molar-refractivity contribution is 7.91. The molecule has 3 aromatic rings. The Morgan fingerprint density at radius 1 is 1.23 bits per heavy atom. The molecule has 2 heterocycles. The maximum atomic E-state index is 12.2. The first-order valence-electron chi connectivity index (χ1n) is 7.76. The number of carbonyl (C=O) groups excluding carboxylic acids is 1. The lowest BCUT2D eigenvalue weighted by Crippen LogP contribution is -2.16. The van der Waals surface area contributed by atoms with Crippen LogP contribution in [0.1, 0.15) is 17.8 Å². The number of aromatic amines is 1. The molecule has 0 saturated carbocycles. The largest absolute Gasteiger partial charge is 0.457 e. The predicted molar refractivity (Wildman–Crippen MR) is 97.9 cm³/mol. The Kier molecular flexibility index (Phi) is 5.19. The number of aryl methyl sites for hydroxylation is 1. The van der Waals surface area contributed by atoms with Gasteiger partial charge in [0.1, 0.15) is 17.1 Å². The molecule has 0 fully saturated rings. The van der Waals surface area contributed by atoms with Crippen molar-refractivity contribution in [1.29, 1.82) is 0 Å². The third-order valence-electron chi connectivity index (χ3n) is 3.69. The fraction of sp³-hybridized carbons (Fsp3) is 0.235. The van der Waals surface area contributed by atoms with Crippen LogP contribution in [-0.2, 0) is 26.0 Å². The zero-order valence-corrected chi connectivity index (χ0v) is 15.5. The molecule has 0 bridgehead atoms. The maximum Gasteiger partial charge on any atom is 0.307 e. The molecule has 26 heavy (non-hydrogen) atoms. The zero-order chi connectivity index (χ0) is 18.7.